The highest BCUT2D eigenvalue weighted by Gasteiger charge is 2.30. The van der Waals surface area contributed by atoms with Crippen LogP contribution in [0.2, 0.25) is 0 Å². The summed E-state index contributed by atoms with van der Waals surface area (Å²) in [5.41, 5.74) is 0.744. The first-order chi connectivity index (χ1) is 12.0. The molecule has 0 aliphatic carbocycles. The van der Waals surface area contributed by atoms with Gasteiger partial charge < -0.3 is 14.5 Å². The molecule has 1 N–H and O–H groups in total. The fraction of sp³-hybridized carbons (Fsp3) is 0.158. The summed E-state index contributed by atoms with van der Waals surface area (Å²) >= 11 is 0. The van der Waals surface area contributed by atoms with Gasteiger partial charge in [-0.1, -0.05) is 12.1 Å². The lowest BCUT2D eigenvalue weighted by atomic mass is 10.1. The van der Waals surface area contributed by atoms with Crippen LogP contribution in [-0.4, -0.2) is 4.98 Å². The Morgan fingerprint density at radius 3 is 2.08 bits per heavy atom. The highest BCUT2D eigenvalue weighted by molar-refractivity contribution is 5.32. The molecule has 2 aromatic carbocycles. The molecule has 0 amide bonds. The molecule has 0 radical (unpaired) electrons. The molecule has 0 atom stereocenters. The zero-order valence-corrected chi connectivity index (χ0v) is 13.2. The zero-order chi connectivity index (χ0) is 17.7. The van der Waals surface area contributed by atoms with Gasteiger partial charge in [-0.2, -0.15) is 13.2 Å². The predicted molar refractivity (Wildman–Crippen MR) is 87.3 cm³/mol. The summed E-state index contributed by atoms with van der Waals surface area (Å²) in [6.07, 6.45) is -2.53. The number of aromatic amines is 1. The quantitative estimate of drug-likeness (QED) is 0.666. The maximum atomic E-state index is 12.7. The van der Waals surface area contributed by atoms with Crippen molar-refractivity contribution in [3.63, 3.8) is 0 Å². The molecule has 25 heavy (non-hydrogen) atoms. The van der Waals surface area contributed by atoms with Crippen molar-refractivity contribution in [1.82, 2.24) is 4.98 Å². The average Bonchev–Trinajstić information content (AvgIpc) is 3.12. The molecule has 3 aromatic rings. The van der Waals surface area contributed by atoms with Gasteiger partial charge in [0.05, 0.1) is 11.3 Å². The van der Waals surface area contributed by atoms with E-state index in [1.807, 2.05) is 18.3 Å². The molecular weight excluding hydrogens is 331 g/mol. The van der Waals surface area contributed by atoms with Gasteiger partial charge >= 0.3 is 6.18 Å². The van der Waals surface area contributed by atoms with Crippen LogP contribution in [0.3, 0.4) is 0 Å². The monoisotopic (exact) mass is 347 g/mol. The molecule has 0 saturated heterocycles. The minimum atomic E-state index is -4.35. The molecular formula is C19H16F3NO2. The van der Waals surface area contributed by atoms with Gasteiger partial charge in [-0.3, -0.25) is 0 Å². The van der Waals surface area contributed by atoms with E-state index in [4.69, 9.17) is 9.47 Å². The highest BCUT2D eigenvalue weighted by atomic mass is 19.4. The number of hydrogen-bond acceptors (Lipinski definition) is 2. The van der Waals surface area contributed by atoms with E-state index < -0.39 is 11.7 Å². The van der Waals surface area contributed by atoms with Crippen LogP contribution >= 0.6 is 0 Å². The molecule has 0 spiro atoms. The van der Waals surface area contributed by atoms with Gasteiger partial charge in [-0.25, -0.2) is 0 Å². The molecule has 1 heterocycles. The van der Waals surface area contributed by atoms with Gasteiger partial charge in [0, 0.05) is 6.20 Å². The van der Waals surface area contributed by atoms with Crippen molar-refractivity contribution in [3.8, 4) is 11.5 Å². The number of ether oxygens (including phenoxy) is 2. The Morgan fingerprint density at radius 1 is 0.800 bits per heavy atom. The minimum absolute atomic E-state index is 0.0621. The van der Waals surface area contributed by atoms with Crippen LogP contribution in [-0.2, 0) is 19.4 Å². The Bertz CT molecular complexity index is 796. The van der Waals surface area contributed by atoms with Crippen LogP contribution in [0.1, 0.15) is 16.8 Å². The van der Waals surface area contributed by atoms with Crippen LogP contribution in [0.25, 0.3) is 0 Å². The Labute approximate surface area is 143 Å². The second-order valence-electron chi connectivity index (χ2n) is 5.44. The topological polar surface area (TPSA) is 34.2 Å². The normalized spacial score (nSPS) is 11.3. The lowest BCUT2D eigenvalue weighted by Gasteiger charge is -2.10. The van der Waals surface area contributed by atoms with Crippen molar-refractivity contribution >= 4 is 0 Å². The first-order valence-corrected chi connectivity index (χ1v) is 7.65. The number of benzene rings is 2. The Balaban J connectivity index is 1.55. The van der Waals surface area contributed by atoms with Crippen molar-refractivity contribution in [1.29, 1.82) is 0 Å². The molecule has 3 rings (SSSR count). The van der Waals surface area contributed by atoms with E-state index in [1.54, 1.807) is 30.3 Å². The van der Waals surface area contributed by atoms with Crippen molar-refractivity contribution < 1.29 is 22.6 Å². The van der Waals surface area contributed by atoms with Crippen LogP contribution in [0.5, 0.6) is 11.5 Å². The molecule has 0 saturated carbocycles. The number of H-pyrrole nitrogens is 1. The van der Waals surface area contributed by atoms with Gasteiger partial charge in [0.2, 0.25) is 0 Å². The van der Waals surface area contributed by atoms with Crippen molar-refractivity contribution in [2.24, 2.45) is 0 Å². The SMILES string of the molecule is FC(F)(F)c1cccc(COc2ccc(OCc3ccc[nH]3)cc2)c1. The number of halogens is 3. The first kappa shape index (κ1) is 17.0. The maximum Gasteiger partial charge on any atom is 0.416 e. The van der Waals surface area contributed by atoms with Gasteiger partial charge in [0.25, 0.3) is 0 Å². The van der Waals surface area contributed by atoms with Crippen molar-refractivity contribution in [3.05, 3.63) is 83.7 Å². The molecule has 3 nitrogen and oxygen atoms in total. The van der Waals surface area contributed by atoms with E-state index in [9.17, 15) is 13.2 Å². The van der Waals surface area contributed by atoms with E-state index in [0.717, 1.165) is 17.8 Å². The van der Waals surface area contributed by atoms with Crippen molar-refractivity contribution in [2.45, 2.75) is 19.4 Å². The van der Waals surface area contributed by atoms with E-state index in [1.165, 1.54) is 6.07 Å². The van der Waals surface area contributed by atoms with Crippen LogP contribution < -0.4 is 9.47 Å². The van der Waals surface area contributed by atoms with Crippen LogP contribution in [0, 0.1) is 0 Å². The minimum Gasteiger partial charge on any atom is -0.489 e. The van der Waals surface area contributed by atoms with E-state index in [-0.39, 0.29) is 6.61 Å². The van der Waals surface area contributed by atoms with Crippen LogP contribution in [0.4, 0.5) is 13.2 Å². The summed E-state index contributed by atoms with van der Waals surface area (Å²) in [5, 5.41) is 0. The molecule has 0 aliphatic heterocycles. The lowest BCUT2D eigenvalue weighted by molar-refractivity contribution is -0.137. The molecule has 1 aromatic heterocycles. The largest absolute Gasteiger partial charge is 0.489 e. The fourth-order valence-corrected chi connectivity index (χ4v) is 2.25. The zero-order valence-electron chi connectivity index (χ0n) is 13.2. The van der Waals surface area contributed by atoms with E-state index >= 15 is 0 Å². The maximum absolute atomic E-state index is 12.7. The lowest BCUT2D eigenvalue weighted by Crippen LogP contribution is -2.06. The molecule has 0 aliphatic rings. The molecule has 0 unspecified atom stereocenters. The Kier molecular flexibility index (Phi) is 4.97. The van der Waals surface area contributed by atoms with E-state index in [2.05, 4.69) is 4.98 Å². The third kappa shape index (κ3) is 4.79. The third-order valence-electron chi connectivity index (χ3n) is 3.54. The van der Waals surface area contributed by atoms with Gasteiger partial charge in [0.15, 0.2) is 0 Å². The van der Waals surface area contributed by atoms with Crippen molar-refractivity contribution in [2.75, 3.05) is 0 Å². The molecule has 0 fully saturated rings. The standard InChI is InChI=1S/C19H16F3NO2/c20-19(21,22)15-4-1-3-14(11-15)12-24-17-6-8-18(9-7-17)25-13-16-5-2-10-23-16/h1-11,23H,12-13H2. The summed E-state index contributed by atoms with van der Waals surface area (Å²) in [5.74, 6) is 1.24. The van der Waals surface area contributed by atoms with E-state index in [0.29, 0.717) is 23.7 Å². The second kappa shape index (κ2) is 7.34. The van der Waals surface area contributed by atoms with Crippen LogP contribution in [0.15, 0.2) is 66.9 Å². The number of alkyl halides is 3. The summed E-state index contributed by atoms with van der Waals surface area (Å²) in [4.78, 5) is 3.04. The highest BCUT2D eigenvalue weighted by Crippen LogP contribution is 2.29. The number of rotatable bonds is 6. The number of nitrogens with one attached hydrogen (secondary N) is 1. The first-order valence-electron chi connectivity index (χ1n) is 7.65. The number of aromatic nitrogens is 1. The predicted octanol–water partition coefficient (Wildman–Crippen LogP) is 5.19. The molecule has 130 valence electrons. The third-order valence-corrected chi connectivity index (χ3v) is 3.54. The van der Waals surface area contributed by atoms with Gasteiger partial charge in [0.1, 0.15) is 24.7 Å². The van der Waals surface area contributed by atoms with Gasteiger partial charge in [-0.05, 0) is 54.1 Å². The summed E-state index contributed by atoms with van der Waals surface area (Å²) < 4.78 is 49.2. The fourth-order valence-electron chi connectivity index (χ4n) is 2.25. The number of hydrogen-bond donors (Lipinski definition) is 1. The Morgan fingerprint density at radius 2 is 1.48 bits per heavy atom. The van der Waals surface area contributed by atoms with Gasteiger partial charge in [-0.15, -0.1) is 0 Å². The second-order valence-corrected chi connectivity index (χ2v) is 5.44. The summed E-state index contributed by atoms with van der Waals surface area (Å²) in [7, 11) is 0. The average molecular weight is 347 g/mol. The Hall–Kier alpha value is -2.89. The molecule has 6 heteroatoms. The molecule has 0 bridgehead atoms. The smallest absolute Gasteiger partial charge is 0.416 e. The summed E-state index contributed by atoms with van der Waals surface area (Å²) in [6, 6.07) is 15.9. The summed E-state index contributed by atoms with van der Waals surface area (Å²) in [6.45, 7) is 0.490.